The summed E-state index contributed by atoms with van der Waals surface area (Å²) in [7, 11) is 4.45. The number of urea groups is 1. The summed E-state index contributed by atoms with van der Waals surface area (Å²) >= 11 is 1.29. The van der Waals surface area contributed by atoms with Crippen LogP contribution in [0.4, 0.5) is 10.5 Å². The summed E-state index contributed by atoms with van der Waals surface area (Å²) in [4.78, 5) is 29.9. The van der Waals surface area contributed by atoms with Crippen LogP contribution < -0.4 is 10.1 Å². The molecule has 0 saturated carbocycles. The average Bonchev–Trinajstić information content (AvgIpc) is 3.13. The Morgan fingerprint density at radius 2 is 1.92 bits per heavy atom. The van der Waals surface area contributed by atoms with E-state index in [0.717, 1.165) is 0 Å². The normalized spacial score (nSPS) is 10.3. The molecular weight excluding hydrogens is 358 g/mol. The van der Waals surface area contributed by atoms with Gasteiger partial charge in [-0.3, -0.25) is 0 Å². The quantitative estimate of drug-likeness (QED) is 0.709. The zero-order chi connectivity index (χ0) is 18.9. The molecule has 1 N–H and O–H groups in total. The number of benzene rings is 1. The van der Waals surface area contributed by atoms with E-state index in [-0.39, 0.29) is 18.3 Å². The van der Waals surface area contributed by atoms with Gasteiger partial charge in [-0.2, -0.15) is 0 Å². The van der Waals surface area contributed by atoms with Gasteiger partial charge >= 0.3 is 12.0 Å². The first-order valence-electron chi connectivity index (χ1n) is 7.79. The molecule has 8 nitrogen and oxygen atoms in total. The highest BCUT2D eigenvalue weighted by molar-refractivity contribution is 7.09. The number of rotatable bonds is 8. The predicted octanol–water partition coefficient (Wildman–Crippen LogP) is 2.62. The molecule has 0 saturated heterocycles. The van der Waals surface area contributed by atoms with Gasteiger partial charge in [0.05, 0.1) is 27.4 Å². The van der Waals surface area contributed by atoms with E-state index in [1.54, 1.807) is 48.8 Å². The molecule has 1 aromatic heterocycles. The second-order valence-electron chi connectivity index (χ2n) is 5.19. The summed E-state index contributed by atoms with van der Waals surface area (Å²) in [6.45, 7) is 1.02. The van der Waals surface area contributed by atoms with Crippen molar-refractivity contribution in [3.63, 3.8) is 0 Å². The van der Waals surface area contributed by atoms with Crippen LogP contribution in [-0.2, 0) is 16.0 Å². The van der Waals surface area contributed by atoms with E-state index in [1.807, 2.05) is 0 Å². The lowest BCUT2D eigenvalue weighted by Crippen LogP contribution is -2.36. The van der Waals surface area contributed by atoms with Gasteiger partial charge in [-0.05, 0) is 24.3 Å². The fraction of sp³-hybridized carbons (Fsp3) is 0.353. The van der Waals surface area contributed by atoms with Crippen LogP contribution in [0.5, 0.6) is 5.75 Å². The number of nitrogens with one attached hydrogen (secondary N) is 1. The number of anilines is 1. The Balaban J connectivity index is 2.05. The van der Waals surface area contributed by atoms with Crippen molar-refractivity contribution in [3.05, 3.63) is 40.3 Å². The minimum absolute atomic E-state index is 0.231. The number of amides is 2. The van der Waals surface area contributed by atoms with Gasteiger partial charge in [0.1, 0.15) is 10.8 Å². The van der Waals surface area contributed by atoms with Gasteiger partial charge in [-0.1, -0.05) is 0 Å². The number of methoxy groups -OCH3 is 3. The lowest BCUT2D eigenvalue weighted by atomic mass is 10.3. The molecule has 0 aliphatic carbocycles. The highest BCUT2D eigenvalue weighted by Crippen LogP contribution is 2.17. The van der Waals surface area contributed by atoms with Crippen LogP contribution in [0.1, 0.15) is 15.5 Å². The summed E-state index contributed by atoms with van der Waals surface area (Å²) in [5, 5.41) is 5.06. The Morgan fingerprint density at radius 1 is 1.19 bits per heavy atom. The number of hydrogen-bond donors (Lipinski definition) is 1. The van der Waals surface area contributed by atoms with E-state index in [1.165, 1.54) is 18.4 Å². The first-order chi connectivity index (χ1) is 12.6. The van der Waals surface area contributed by atoms with Gasteiger partial charge in [-0.25, -0.2) is 14.6 Å². The maximum Gasteiger partial charge on any atom is 0.357 e. The fourth-order valence-electron chi connectivity index (χ4n) is 2.08. The molecule has 0 atom stereocenters. The molecule has 2 aromatic rings. The Labute approximate surface area is 155 Å². The molecule has 2 amide bonds. The van der Waals surface area contributed by atoms with Crippen molar-refractivity contribution in [3.8, 4) is 5.75 Å². The maximum atomic E-state index is 12.6. The largest absolute Gasteiger partial charge is 0.497 e. The predicted molar refractivity (Wildman–Crippen MR) is 97.8 cm³/mol. The monoisotopic (exact) mass is 379 g/mol. The molecule has 0 bridgehead atoms. The van der Waals surface area contributed by atoms with Crippen molar-refractivity contribution in [2.24, 2.45) is 0 Å². The second-order valence-corrected chi connectivity index (χ2v) is 6.13. The van der Waals surface area contributed by atoms with Crippen molar-refractivity contribution >= 4 is 29.0 Å². The minimum atomic E-state index is -0.501. The van der Waals surface area contributed by atoms with E-state index in [9.17, 15) is 9.59 Å². The Bertz CT molecular complexity index is 732. The maximum absolute atomic E-state index is 12.6. The Kier molecular flexibility index (Phi) is 7.37. The molecule has 0 aliphatic heterocycles. The van der Waals surface area contributed by atoms with E-state index in [2.05, 4.69) is 15.0 Å². The first-order valence-corrected chi connectivity index (χ1v) is 8.67. The third-order valence-electron chi connectivity index (χ3n) is 3.47. The van der Waals surface area contributed by atoms with Crippen molar-refractivity contribution < 1.29 is 23.8 Å². The van der Waals surface area contributed by atoms with Gasteiger partial charge in [-0.15, -0.1) is 11.3 Å². The molecule has 140 valence electrons. The molecule has 26 heavy (non-hydrogen) atoms. The minimum Gasteiger partial charge on any atom is -0.497 e. The van der Waals surface area contributed by atoms with E-state index in [0.29, 0.717) is 29.6 Å². The van der Waals surface area contributed by atoms with Crippen molar-refractivity contribution in [2.75, 3.05) is 39.8 Å². The molecule has 0 spiro atoms. The Hall–Kier alpha value is -2.65. The molecule has 1 heterocycles. The van der Waals surface area contributed by atoms with Gasteiger partial charge < -0.3 is 24.4 Å². The molecule has 0 aliphatic rings. The average molecular weight is 379 g/mol. The molecule has 0 unspecified atom stereocenters. The van der Waals surface area contributed by atoms with Crippen molar-refractivity contribution in [2.45, 2.75) is 6.54 Å². The lowest BCUT2D eigenvalue weighted by molar-refractivity contribution is 0.0594. The summed E-state index contributed by atoms with van der Waals surface area (Å²) in [6, 6.07) is 6.74. The summed E-state index contributed by atoms with van der Waals surface area (Å²) in [5.41, 5.74) is 0.877. The number of aromatic nitrogens is 1. The molecule has 0 radical (unpaired) electrons. The summed E-state index contributed by atoms with van der Waals surface area (Å²) in [6.07, 6.45) is 0. The topological polar surface area (TPSA) is 90.0 Å². The fourth-order valence-corrected chi connectivity index (χ4v) is 2.85. The zero-order valence-corrected chi connectivity index (χ0v) is 15.7. The van der Waals surface area contributed by atoms with E-state index >= 15 is 0 Å². The molecule has 2 rings (SSSR count). The SMILES string of the molecule is COCCN(Cc1nc(C(=O)OC)cs1)C(=O)Nc1ccc(OC)cc1. The van der Waals surface area contributed by atoms with Crippen LogP contribution in [0.3, 0.4) is 0 Å². The highest BCUT2D eigenvalue weighted by Gasteiger charge is 2.18. The van der Waals surface area contributed by atoms with Crippen LogP contribution in [-0.4, -0.2) is 56.4 Å². The van der Waals surface area contributed by atoms with Crippen LogP contribution in [0.15, 0.2) is 29.6 Å². The summed E-state index contributed by atoms with van der Waals surface area (Å²) < 4.78 is 14.8. The number of hydrogen-bond acceptors (Lipinski definition) is 7. The smallest absolute Gasteiger partial charge is 0.357 e. The van der Waals surface area contributed by atoms with E-state index < -0.39 is 5.97 Å². The third kappa shape index (κ3) is 5.43. The number of carbonyl (C=O) groups excluding carboxylic acids is 2. The standard InChI is InChI=1S/C17H21N3O5S/c1-23-9-8-20(10-15-19-14(11-26-15)16(21)25-3)17(22)18-12-4-6-13(24-2)7-5-12/h4-7,11H,8-10H2,1-3H3,(H,18,22). The Morgan fingerprint density at radius 3 is 2.54 bits per heavy atom. The molecule has 1 aromatic carbocycles. The van der Waals surface area contributed by atoms with Gasteiger partial charge in [0.15, 0.2) is 5.69 Å². The van der Waals surface area contributed by atoms with Crippen molar-refractivity contribution in [1.82, 2.24) is 9.88 Å². The van der Waals surface area contributed by atoms with Crippen LogP contribution >= 0.6 is 11.3 Å². The number of nitrogens with zero attached hydrogens (tertiary/aromatic N) is 2. The number of esters is 1. The van der Waals surface area contributed by atoms with Crippen LogP contribution in [0, 0.1) is 0 Å². The third-order valence-corrected chi connectivity index (χ3v) is 4.30. The van der Waals surface area contributed by atoms with Gasteiger partial charge in [0, 0.05) is 24.7 Å². The first kappa shape index (κ1) is 19.7. The second kappa shape index (κ2) is 9.73. The highest BCUT2D eigenvalue weighted by atomic mass is 32.1. The zero-order valence-electron chi connectivity index (χ0n) is 14.9. The van der Waals surface area contributed by atoms with Crippen molar-refractivity contribution in [1.29, 1.82) is 0 Å². The summed E-state index contributed by atoms with van der Waals surface area (Å²) in [5.74, 6) is 0.205. The number of thiazole rings is 1. The van der Waals surface area contributed by atoms with E-state index in [4.69, 9.17) is 9.47 Å². The van der Waals surface area contributed by atoms with Gasteiger partial charge in [0.2, 0.25) is 0 Å². The number of ether oxygens (including phenoxy) is 3. The number of carbonyl (C=O) groups is 2. The molecule has 0 fully saturated rings. The molecular formula is C17H21N3O5S. The lowest BCUT2D eigenvalue weighted by Gasteiger charge is -2.21. The van der Waals surface area contributed by atoms with Crippen LogP contribution in [0.25, 0.3) is 0 Å². The van der Waals surface area contributed by atoms with Gasteiger partial charge in [0.25, 0.3) is 0 Å². The van der Waals surface area contributed by atoms with Crippen LogP contribution in [0.2, 0.25) is 0 Å². The molecule has 9 heteroatoms.